The standard InChI is InChI=1S/C19H18N4O3/c1-25-15-7-3-13(4-8-15)19(24)21-18-12-11-17(22-23-18)20-14-5-9-16(26-2)10-6-14/h3-12H,1-2H3,(H,20,22)(H,21,23,24). The van der Waals surface area contributed by atoms with E-state index in [0.717, 1.165) is 11.4 Å². The molecule has 1 heterocycles. The zero-order chi connectivity index (χ0) is 18.4. The summed E-state index contributed by atoms with van der Waals surface area (Å²) in [6.45, 7) is 0. The second kappa shape index (κ2) is 7.98. The topological polar surface area (TPSA) is 85.4 Å². The van der Waals surface area contributed by atoms with E-state index in [-0.39, 0.29) is 5.91 Å². The average Bonchev–Trinajstić information content (AvgIpc) is 2.70. The molecule has 3 rings (SSSR count). The molecular formula is C19H18N4O3. The van der Waals surface area contributed by atoms with Gasteiger partial charge in [-0.1, -0.05) is 0 Å². The zero-order valence-corrected chi connectivity index (χ0v) is 14.4. The van der Waals surface area contributed by atoms with Gasteiger partial charge in [0.05, 0.1) is 14.2 Å². The van der Waals surface area contributed by atoms with Crippen molar-refractivity contribution < 1.29 is 14.3 Å². The molecule has 0 saturated carbocycles. The molecule has 132 valence electrons. The quantitative estimate of drug-likeness (QED) is 0.708. The van der Waals surface area contributed by atoms with Crippen LogP contribution in [0.1, 0.15) is 10.4 Å². The van der Waals surface area contributed by atoms with E-state index in [1.165, 1.54) is 0 Å². The normalized spacial score (nSPS) is 10.1. The molecule has 2 N–H and O–H groups in total. The maximum Gasteiger partial charge on any atom is 0.256 e. The summed E-state index contributed by atoms with van der Waals surface area (Å²) in [7, 11) is 3.19. The van der Waals surface area contributed by atoms with Crippen LogP contribution in [0.4, 0.5) is 17.3 Å². The smallest absolute Gasteiger partial charge is 0.256 e. The van der Waals surface area contributed by atoms with Gasteiger partial charge < -0.3 is 20.1 Å². The van der Waals surface area contributed by atoms with Gasteiger partial charge in [-0.15, -0.1) is 10.2 Å². The zero-order valence-electron chi connectivity index (χ0n) is 14.4. The lowest BCUT2D eigenvalue weighted by Gasteiger charge is -2.08. The monoisotopic (exact) mass is 350 g/mol. The highest BCUT2D eigenvalue weighted by Crippen LogP contribution is 2.19. The van der Waals surface area contributed by atoms with E-state index in [1.54, 1.807) is 50.6 Å². The second-order valence-corrected chi connectivity index (χ2v) is 5.34. The van der Waals surface area contributed by atoms with Crippen LogP contribution >= 0.6 is 0 Å². The van der Waals surface area contributed by atoms with Crippen LogP contribution in [0.25, 0.3) is 0 Å². The number of anilines is 3. The summed E-state index contributed by atoms with van der Waals surface area (Å²) in [5.41, 5.74) is 1.36. The Morgan fingerprint density at radius 1 is 0.769 bits per heavy atom. The molecule has 0 aliphatic rings. The number of benzene rings is 2. The van der Waals surface area contributed by atoms with E-state index < -0.39 is 0 Å². The van der Waals surface area contributed by atoms with E-state index in [9.17, 15) is 4.79 Å². The number of nitrogens with zero attached hydrogens (tertiary/aromatic N) is 2. The number of methoxy groups -OCH3 is 2. The van der Waals surface area contributed by atoms with Gasteiger partial charge in [0.25, 0.3) is 5.91 Å². The van der Waals surface area contributed by atoms with Gasteiger partial charge in [0.15, 0.2) is 11.6 Å². The molecule has 1 amide bonds. The average molecular weight is 350 g/mol. The summed E-state index contributed by atoms with van der Waals surface area (Å²) in [5.74, 6) is 2.13. The first-order valence-electron chi connectivity index (χ1n) is 7.88. The SMILES string of the molecule is COc1ccc(Nc2ccc(NC(=O)c3ccc(OC)cc3)nn2)cc1. The molecule has 0 aliphatic carbocycles. The third-order valence-corrected chi connectivity index (χ3v) is 3.62. The van der Waals surface area contributed by atoms with E-state index in [0.29, 0.717) is 22.9 Å². The minimum atomic E-state index is -0.266. The van der Waals surface area contributed by atoms with Crippen molar-refractivity contribution in [1.29, 1.82) is 0 Å². The highest BCUT2D eigenvalue weighted by Gasteiger charge is 2.07. The Kier molecular flexibility index (Phi) is 5.28. The largest absolute Gasteiger partial charge is 0.497 e. The lowest BCUT2D eigenvalue weighted by atomic mass is 10.2. The van der Waals surface area contributed by atoms with E-state index in [4.69, 9.17) is 9.47 Å². The van der Waals surface area contributed by atoms with Gasteiger partial charge in [0, 0.05) is 11.3 Å². The molecule has 7 nitrogen and oxygen atoms in total. The number of nitrogens with one attached hydrogen (secondary N) is 2. The molecule has 0 radical (unpaired) electrons. The van der Waals surface area contributed by atoms with Crippen LogP contribution in [0.3, 0.4) is 0 Å². The van der Waals surface area contributed by atoms with Gasteiger partial charge in [-0.2, -0.15) is 0 Å². The van der Waals surface area contributed by atoms with Gasteiger partial charge in [0.1, 0.15) is 11.5 Å². The lowest BCUT2D eigenvalue weighted by molar-refractivity contribution is 0.102. The molecule has 0 saturated heterocycles. The molecule has 26 heavy (non-hydrogen) atoms. The molecule has 0 unspecified atom stereocenters. The van der Waals surface area contributed by atoms with E-state index >= 15 is 0 Å². The fraction of sp³-hybridized carbons (Fsp3) is 0.105. The summed E-state index contributed by atoms with van der Waals surface area (Å²) in [4.78, 5) is 12.2. The fourth-order valence-electron chi connectivity index (χ4n) is 2.22. The Bertz CT molecular complexity index is 863. The van der Waals surface area contributed by atoms with Crippen molar-refractivity contribution in [2.45, 2.75) is 0 Å². The van der Waals surface area contributed by atoms with Crippen molar-refractivity contribution in [2.24, 2.45) is 0 Å². The Labute approximate surface area is 151 Å². The third-order valence-electron chi connectivity index (χ3n) is 3.62. The van der Waals surface area contributed by atoms with Crippen LogP contribution < -0.4 is 20.1 Å². The first kappa shape index (κ1) is 17.2. The fourth-order valence-corrected chi connectivity index (χ4v) is 2.22. The van der Waals surface area contributed by atoms with Crippen molar-refractivity contribution in [3.63, 3.8) is 0 Å². The number of aromatic nitrogens is 2. The first-order valence-corrected chi connectivity index (χ1v) is 7.88. The second-order valence-electron chi connectivity index (χ2n) is 5.34. The van der Waals surface area contributed by atoms with Crippen LogP contribution in [0, 0.1) is 0 Å². The molecule has 0 atom stereocenters. The van der Waals surface area contributed by atoms with Crippen LogP contribution in [-0.2, 0) is 0 Å². The van der Waals surface area contributed by atoms with Gasteiger partial charge in [-0.25, -0.2) is 0 Å². The summed E-state index contributed by atoms with van der Waals surface area (Å²) in [5, 5.41) is 13.9. The van der Waals surface area contributed by atoms with Gasteiger partial charge in [-0.3, -0.25) is 4.79 Å². The Morgan fingerprint density at radius 3 is 1.85 bits per heavy atom. The van der Waals surface area contributed by atoms with Gasteiger partial charge >= 0.3 is 0 Å². The molecule has 0 fully saturated rings. The number of amides is 1. The highest BCUT2D eigenvalue weighted by molar-refractivity contribution is 6.03. The number of hydrogen-bond donors (Lipinski definition) is 2. The predicted molar refractivity (Wildman–Crippen MR) is 99.3 cm³/mol. The molecule has 1 aromatic heterocycles. The number of carbonyl (C=O) groups excluding carboxylic acids is 1. The molecular weight excluding hydrogens is 332 g/mol. The van der Waals surface area contributed by atoms with E-state index in [1.807, 2.05) is 24.3 Å². The van der Waals surface area contributed by atoms with Gasteiger partial charge in [-0.05, 0) is 60.7 Å². The summed E-state index contributed by atoms with van der Waals surface area (Å²) in [6, 6.07) is 17.7. The number of ether oxygens (including phenoxy) is 2. The highest BCUT2D eigenvalue weighted by atomic mass is 16.5. The number of carbonyl (C=O) groups is 1. The van der Waals surface area contributed by atoms with Crippen LogP contribution in [0.15, 0.2) is 60.7 Å². The molecule has 2 aromatic carbocycles. The maximum absolute atomic E-state index is 12.2. The summed E-state index contributed by atoms with van der Waals surface area (Å²) >= 11 is 0. The minimum Gasteiger partial charge on any atom is -0.497 e. The van der Waals surface area contributed by atoms with Crippen molar-refractivity contribution in [3.05, 3.63) is 66.2 Å². The number of hydrogen-bond acceptors (Lipinski definition) is 6. The minimum absolute atomic E-state index is 0.266. The Hall–Kier alpha value is -3.61. The van der Waals surface area contributed by atoms with Crippen LogP contribution in [0.2, 0.25) is 0 Å². The Balaban J connectivity index is 1.62. The molecule has 0 bridgehead atoms. The van der Waals surface area contributed by atoms with Crippen molar-refractivity contribution in [2.75, 3.05) is 24.9 Å². The molecule has 3 aromatic rings. The predicted octanol–water partition coefficient (Wildman–Crippen LogP) is 3.49. The Morgan fingerprint density at radius 2 is 1.31 bits per heavy atom. The first-order chi connectivity index (χ1) is 12.7. The summed E-state index contributed by atoms with van der Waals surface area (Å²) < 4.78 is 10.2. The van der Waals surface area contributed by atoms with E-state index in [2.05, 4.69) is 20.8 Å². The molecule has 0 aliphatic heterocycles. The lowest BCUT2D eigenvalue weighted by Crippen LogP contribution is -2.13. The molecule has 7 heteroatoms. The molecule has 0 spiro atoms. The maximum atomic E-state index is 12.2. The van der Waals surface area contributed by atoms with Crippen molar-refractivity contribution in [1.82, 2.24) is 10.2 Å². The number of rotatable bonds is 6. The third kappa shape index (κ3) is 4.27. The van der Waals surface area contributed by atoms with Crippen LogP contribution in [0.5, 0.6) is 11.5 Å². The van der Waals surface area contributed by atoms with Crippen molar-refractivity contribution >= 4 is 23.2 Å². The summed E-state index contributed by atoms with van der Waals surface area (Å²) in [6.07, 6.45) is 0. The van der Waals surface area contributed by atoms with Gasteiger partial charge in [0.2, 0.25) is 0 Å². The van der Waals surface area contributed by atoms with Crippen LogP contribution in [-0.4, -0.2) is 30.3 Å². The van der Waals surface area contributed by atoms with Crippen molar-refractivity contribution in [3.8, 4) is 11.5 Å².